The van der Waals surface area contributed by atoms with Gasteiger partial charge in [-0.2, -0.15) is 5.26 Å². The molecule has 1 atom stereocenters. The minimum Gasteiger partial charge on any atom is -0.342 e. The van der Waals surface area contributed by atoms with Crippen LogP contribution in [0.5, 0.6) is 0 Å². The van der Waals surface area contributed by atoms with Gasteiger partial charge in [0.25, 0.3) is 0 Å². The Morgan fingerprint density at radius 1 is 1.50 bits per heavy atom. The number of rotatable bonds is 1. The van der Waals surface area contributed by atoms with Gasteiger partial charge in [0.15, 0.2) is 0 Å². The molecule has 1 saturated heterocycles. The molecule has 0 aromatic carbocycles. The molecular weight excluding hydrogens is 268 g/mol. The van der Waals surface area contributed by atoms with Crippen LogP contribution in [-0.2, 0) is 11.2 Å². The SMILES string of the molecule is CC1(C#N)CCN(C(=O)C2CCCc3sccc32)CC1. The molecule has 1 aliphatic carbocycles. The van der Waals surface area contributed by atoms with Crippen molar-refractivity contribution in [2.75, 3.05) is 13.1 Å². The summed E-state index contributed by atoms with van der Waals surface area (Å²) < 4.78 is 0. The summed E-state index contributed by atoms with van der Waals surface area (Å²) in [5.41, 5.74) is 1.02. The fourth-order valence-corrected chi connectivity index (χ4v) is 4.28. The van der Waals surface area contributed by atoms with E-state index in [9.17, 15) is 10.1 Å². The lowest BCUT2D eigenvalue weighted by Gasteiger charge is -2.37. The summed E-state index contributed by atoms with van der Waals surface area (Å²) in [5, 5.41) is 11.3. The van der Waals surface area contributed by atoms with Crippen molar-refractivity contribution in [2.24, 2.45) is 5.41 Å². The number of nitriles is 1. The third-order valence-electron chi connectivity index (χ3n) is 4.80. The van der Waals surface area contributed by atoms with Crippen molar-refractivity contribution >= 4 is 17.2 Å². The maximum Gasteiger partial charge on any atom is 0.230 e. The van der Waals surface area contributed by atoms with E-state index in [0.29, 0.717) is 0 Å². The zero-order valence-corrected chi connectivity index (χ0v) is 12.7. The normalized spacial score (nSPS) is 24.8. The van der Waals surface area contributed by atoms with Gasteiger partial charge in [0.05, 0.1) is 17.4 Å². The first kappa shape index (κ1) is 13.6. The van der Waals surface area contributed by atoms with Gasteiger partial charge in [0.2, 0.25) is 5.91 Å². The lowest BCUT2D eigenvalue weighted by molar-refractivity contribution is -0.134. The molecule has 1 amide bonds. The first-order valence-electron chi connectivity index (χ1n) is 7.39. The molecule has 1 fully saturated rings. The summed E-state index contributed by atoms with van der Waals surface area (Å²) in [7, 11) is 0. The summed E-state index contributed by atoms with van der Waals surface area (Å²) in [6.07, 6.45) is 4.84. The Morgan fingerprint density at radius 3 is 2.95 bits per heavy atom. The third-order valence-corrected chi connectivity index (χ3v) is 5.80. The van der Waals surface area contributed by atoms with Gasteiger partial charge >= 0.3 is 0 Å². The monoisotopic (exact) mass is 288 g/mol. The van der Waals surface area contributed by atoms with Gasteiger partial charge in [-0.3, -0.25) is 4.79 Å². The smallest absolute Gasteiger partial charge is 0.230 e. The Morgan fingerprint density at radius 2 is 2.25 bits per heavy atom. The van der Waals surface area contributed by atoms with Crippen LogP contribution in [0, 0.1) is 16.7 Å². The van der Waals surface area contributed by atoms with E-state index < -0.39 is 0 Å². The van der Waals surface area contributed by atoms with Crippen molar-refractivity contribution in [1.29, 1.82) is 5.26 Å². The largest absolute Gasteiger partial charge is 0.342 e. The molecule has 0 bridgehead atoms. The molecule has 106 valence electrons. The van der Waals surface area contributed by atoms with Gasteiger partial charge in [-0.1, -0.05) is 0 Å². The predicted molar refractivity (Wildman–Crippen MR) is 79.5 cm³/mol. The Balaban J connectivity index is 1.71. The Hall–Kier alpha value is -1.34. The maximum absolute atomic E-state index is 12.8. The zero-order valence-electron chi connectivity index (χ0n) is 11.9. The molecule has 1 aromatic rings. The first-order chi connectivity index (χ1) is 9.63. The third kappa shape index (κ3) is 2.35. The zero-order chi connectivity index (χ0) is 14.2. The molecule has 4 heteroatoms. The molecule has 0 N–H and O–H groups in total. The summed E-state index contributed by atoms with van der Waals surface area (Å²) in [6.45, 7) is 3.48. The average molecular weight is 288 g/mol. The number of hydrogen-bond donors (Lipinski definition) is 0. The lowest BCUT2D eigenvalue weighted by Crippen LogP contribution is -2.44. The number of fused-ring (bicyclic) bond motifs is 1. The van der Waals surface area contributed by atoms with Crippen LogP contribution in [0.25, 0.3) is 0 Å². The Bertz CT molecular complexity index is 549. The molecule has 0 saturated carbocycles. The average Bonchev–Trinajstić information content (AvgIpc) is 2.95. The van der Waals surface area contributed by atoms with E-state index in [1.54, 1.807) is 11.3 Å². The molecule has 3 rings (SSSR count). The summed E-state index contributed by atoms with van der Waals surface area (Å²) in [6, 6.07) is 4.52. The van der Waals surface area contributed by atoms with Crippen molar-refractivity contribution in [3.8, 4) is 6.07 Å². The molecule has 0 radical (unpaired) electrons. The predicted octanol–water partition coefficient (Wildman–Crippen LogP) is 3.32. The second-order valence-corrected chi connectivity index (χ2v) is 7.24. The highest BCUT2D eigenvalue weighted by Crippen LogP contribution is 2.37. The van der Waals surface area contributed by atoms with Crippen molar-refractivity contribution in [3.05, 3.63) is 21.9 Å². The fraction of sp³-hybridized carbons (Fsp3) is 0.625. The maximum atomic E-state index is 12.8. The highest BCUT2D eigenvalue weighted by atomic mass is 32.1. The van der Waals surface area contributed by atoms with Crippen LogP contribution in [-0.4, -0.2) is 23.9 Å². The van der Waals surface area contributed by atoms with E-state index in [-0.39, 0.29) is 17.2 Å². The van der Waals surface area contributed by atoms with E-state index in [0.717, 1.165) is 45.2 Å². The molecule has 3 nitrogen and oxygen atoms in total. The first-order valence-corrected chi connectivity index (χ1v) is 8.27. The standard InChI is InChI=1S/C16H20N2OS/c1-16(11-17)6-8-18(9-7-16)15(19)13-3-2-4-14-12(13)5-10-20-14/h5,10,13H,2-4,6-9H2,1H3. The van der Waals surface area contributed by atoms with Crippen molar-refractivity contribution in [1.82, 2.24) is 4.90 Å². The van der Waals surface area contributed by atoms with Crippen LogP contribution in [0.1, 0.15) is 49.0 Å². The molecule has 1 aromatic heterocycles. The summed E-state index contributed by atoms with van der Waals surface area (Å²) in [4.78, 5) is 16.1. The summed E-state index contributed by atoms with van der Waals surface area (Å²) >= 11 is 1.78. The van der Waals surface area contributed by atoms with Gasteiger partial charge in [0, 0.05) is 18.0 Å². The number of nitrogens with zero attached hydrogens (tertiary/aromatic N) is 2. The quantitative estimate of drug-likeness (QED) is 0.795. The van der Waals surface area contributed by atoms with Gasteiger partial charge in [-0.15, -0.1) is 11.3 Å². The van der Waals surface area contributed by atoms with Crippen LogP contribution in [0.4, 0.5) is 0 Å². The van der Waals surface area contributed by atoms with Gasteiger partial charge in [-0.25, -0.2) is 0 Å². The minimum atomic E-state index is -0.239. The van der Waals surface area contributed by atoms with E-state index >= 15 is 0 Å². The highest BCUT2D eigenvalue weighted by molar-refractivity contribution is 7.10. The van der Waals surface area contributed by atoms with Gasteiger partial charge in [-0.05, 0) is 56.0 Å². The van der Waals surface area contributed by atoms with E-state index in [2.05, 4.69) is 17.5 Å². The number of carbonyl (C=O) groups is 1. The number of amides is 1. The number of carbonyl (C=O) groups excluding carboxylic acids is 1. The highest BCUT2D eigenvalue weighted by Gasteiger charge is 2.36. The van der Waals surface area contributed by atoms with Gasteiger partial charge in [0.1, 0.15) is 0 Å². The van der Waals surface area contributed by atoms with Crippen molar-refractivity contribution < 1.29 is 4.79 Å². The van der Waals surface area contributed by atoms with Gasteiger partial charge < -0.3 is 4.90 Å². The molecule has 0 spiro atoms. The van der Waals surface area contributed by atoms with E-state index in [1.165, 1.54) is 10.4 Å². The molecule has 2 aliphatic rings. The van der Waals surface area contributed by atoms with Crippen LogP contribution in [0.3, 0.4) is 0 Å². The van der Waals surface area contributed by atoms with Crippen LogP contribution >= 0.6 is 11.3 Å². The number of piperidine rings is 1. The number of thiophene rings is 1. The lowest BCUT2D eigenvalue weighted by atomic mass is 9.80. The van der Waals surface area contributed by atoms with Crippen molar-refractivity contribution in [2.45, 2.75) is 44.9 Å². The van der Waals surface area contributed by atoms with Crippen LogP contribution < -0.4 is 0 Å². The number of likely N-dealkylation sites (tertiary alicyclic amines) is 1. The Kier molecular flexibility index (Phi) is 3.55. The Labute approximate surface area is 124 Å². The second kappa shape index (κ2) is 5.21. The molecule has 20 heavy (non-hydrogen) atoms. The minimum absolute atomic E-state index is 0.0661. The summed E-state index contributed by atoms with van der Waals surface area (Å²) in [5.74, 6) is 0.348. The molecule has 1 aliphatic heterocycles. The van der Waals surface area contributed by atoms with Crippen molar-refractivity contribution in [3.63, 3.8) is 0 Å². The molecular formula is C16H20N2OS. The molecule has 2 heterocycles. The van der Waals surface area contributed by atoms with Crippen LogP contribution in [0.2, 0.25) is 0 Å². The molecule has 1 unspecified atom stereocenters. The topological polar surface area (TPSA) is 44.1 Å². The van der Waals surface area contributed by atoms with E-state index in [4.69, 9.17) is 0 Å². The number of aryl methyl sites for hydroxylation is 1. The second-order valence-electron chi connectivity index (χ2n) is 6.24. The number of hydrogen-bond acceptors (Lipinski definition) is 3. The fourth-order valence-electron chi connectivity index (χ4n) is 3.30. The van der Waals surface area contributed by atoms with Crippen LogP contribution in [0.15, 0.2) is 11.4 Å². The van der Waals surface area contributed by atoms with E-state index in [1.807, 2.05) is 11.8 Å².